The number of nitrogens with one attached hydrogen (secondary N) is 1. The molecular weight excluding hydrogens is 417 g/mol. The smallest absolute Gasteiger partial charge is 0.351 e. The maximum atomic E-state index is 13.0. The lowest BCUT2D eigenvalue weighted by molar-refractivity contribution is -0.141. The molecule has 1 heterocycles. The lowest BCUT2D eigenvalue weighted by atomic mass is 10.2. The maximum Gasteiger partial charge on any atom is 0.436 e. The Morgan fingerprint density at radius 1 is 1.13 bits per heavy atom. The summed E-state index contributed by atoms with van der Waals surface area (Å²) in [6.45, 7) is 11.9. The van der Waals surface area contributed by atoms with E-state index in [1.54, 1.807) is 0 Å². The van der Waals surface area contributed by atoms with Crippen LogP contribution < -0.4 is 5.32 Å². The summed E-state index contributed by atoms with van der Waals surface area (Å²) in [4.78, 5) is 15.0. The molecule has 0 radical (unpaired) electrons. The number of hydrogen-bond donors (Lipinski definition) is 1. The average Bonchev–Trinajstić information content (AvgIpc) is 2.96. The highest BCUT2D eigenvalue weighted by atomic mass is 35.5. The lowest BCUT2D eigenvalue weighted by Crippen LogP contribution is -2.45. The molecule has 5 nitrogen and oxygen atoms in total. The van der Waals surface area contributed by atoms with Gasteiger partial charge in [-0.2, -0.15) is 18.3 Å². The van der Waals surface area contributed by atoms with E-state index >= 15 is 0 Å². The number of nitrogens with zero attached hydrogens (tertiary/aromatic N) is 3. The Morgan fingerprint density at radius 2 is 1.67 bits per heavy atom. The summed E-state index contributed by atoms with van der Waals surface area (Å²) in [7, 11) is 0. The van der Waals surface area contributed by atoms with Crippen LogP contribution in [0.25, 0.3) is 0 Å². The predicted molar refractivity (Wildman–Crippen MR) is 115 cm³/mol. The van der Waals surface area contributed by atoms with E-state index in [9.17, 15) is 18.0 Å². The van der Waals surface area contributed by atoms with Crippen molar-refractivity contribution in [1.82, 2.24) is 20.0 Å². The number of hydrogen-bond acceptors (Lipinski definition) is 3. The Balaban J connectivity index is 2.74. The van der Waals surface area contributed by atoms with Crippen LogP contribution in [0.3, 0.4) is 0 Å². The van der Waals surface area contributed by atoms with Crippen LogP contribution >= 0.6 is 11.6 Å². The Labute approximate surface area is 183 Å². The van der Waals surface area contributed by atoms with Gasteiger partial charge in [-0.05, 0) is 46.7 Å². The highest BCUT2D eigenvalue weighted by Crippen LogP contribution is 2.36. The molecule has 174 valence electrons. The second kappa shape index (κ2) is 12.5. The average molecular weight is 453 g/mol. The second-order valence-corrected chi connectivity index (χ2v) is 8.37. The molecule has 2 unspecified atom stereocenters. The quantitative estimate of drug-likeness (QED) is 0.395. The van der Waals surface area contributed by atoms with E-state index in [0.717, 1.165) is 43.5 Å². The van der Waals surface area contributed by atoms with Crippen molar-refractivity contribution in [2.45, 2.75) is 91.4 Å². The third-order valence-corrected chi connectivity index (χ3v) is 5.62. The summed E-state index contributed by atoms with van der Waals surface area (Å²) in [6.07, 6.45) is 2.21. The summed E-state index contributed by atoms with van der Waals surface area (Å²) < 4.78 is 40.2. The monoisotopic (exact) mass is 452 g/mol. The Kier molecular flexibility index (Phi) is 11.2. The lowest BCUT2D eigenvalue weighted by Gasteiger charge is -2.27. The van der Waals surface area contributed by atoms with Gasteiger partial charge >= 0.3 is 6.18 Å². The fraction of sp³-hybridized carbons (Fsp3) is 0.810. The zero-order valence-corrected chi connectivity index (χ0v) is 19.5. The zero-order valence-electron chi connectivity index (χ0n) is 18.8. The summed E-state index contributed by atoms with van der Waals surface area (Å²) in [6, 6.07) is -1.02. The largest absolute Gasteiger partial charge is 0.436 e. The van der Waals surface area contributed by atoms with E-state index in [2.05, 4.69) is 29.2 Å². The second-order valence-electron chi connectivity index (χ2n) is 7.99. The normalized spacial score (nSPS) is 14.2. The molecule has 0 saturated heterocycles. The highest BCUT2D eigenvalue weighted by molar-refractivity contribution is 6.32. The molecular formula is C21H36ClF3N4O. The van der Waals surface area contributed by atoms with Crippen LogP contribution in [0.4, 0.5) is 13.2 Å². The van der Waals surface area contributed by atoms with Crippen LogP contribution in [0.2, 0.25) is 5.02 Å². The van der Waals surface area contributed by atoms with Crippen molar-refractivity contribution in [1.29, 1.82) is 0 Å². The third-order valence-electron chi connectivity index (χ3n) is 5.17. The topological polar surface area (TPSA) is 50.2 Å². The van der Waals surface area contributed by atoms with Crippen molar-refractivity contribution in [3.05, 3.63) is 16.4 Å². The standard InChI is InChI=1S/C21H36ClF3N4O/c1-6-8-10-12-28(13-11-9-7-2)14-15(3)26-20(30)17(5)29-16(4)18(22)19(27-29)21(23,24)25/h15,17H,6-14H2,1-5H3,(H,26,30). The van der Waals surface area contributed by atoms with Gasteiger partial charge in [-0.1, -0.05) is 51.1 Å². The van der Waals surface area contributed by atoms with Crippen molar-refractivity contribution in [2.75, 3.05) is 19.6 Å². The molecule has 1 aromatic rings. The molecule has 0 aliphatic carbocycles. The first kappa shape index (κ1) is 26.8. The summed E-state index contributed by atoms with van der Waals surface area (Å²) in [5.41, 5.74) is -1.03. The predicted octanol–water partition coefficient (Wildman–Crippen LogP) is 5.61. The first-order valence-electron chi connectivity index (χ1n) is 10.9. The van der Waals surface area contributed by atoms with Gasteiger partial charge in [0.2, 0.25) is 5.91 Å². The minimum atomic E-state index is -4.66. The molecule has 30 heavy (non-hydrogen) atoms. The number of alkyl halides is 3. The van der Waals surface area contributed by atoms with Crippen LogP contribution in [-0.4, -0.2) is 46.3 Å². The molecule has 9 heteroatoms. The molecule has 0 fully saturated rings. The molecule has 2 atom stereocenters. The highest BCUT2D eigenvalue weighted by Gasteiger charge is 2.39. The Hall–Kier alpha value is -1.28. The fourth-order valence-electron chi connectivity index (χ4n) is 3.43. The number of amides is 1. The molecule has 1 aromatic heterocycles. The number of aromatic nitrogens is 2. The van der Waals surface area contributed by atoms with Gasteiger partial charge in [0.15, 0.2) is 5.69 Å². The number of carbonyl (C=O) groups is 1. The van der Waals surface area contributed by atoms with Crippen molar-refractivity contribution in [2.24, 2.45) is 0 Å². The molecule has 0 bridgehead atoms. The molecule has 1 amide bonds. The van der Waals surface area contributed by atoms with Crippen LogP contribution in [0, 0.1) is 6.92 Å². The number of carbonyl (C=O) groups excluding carboxylic acids is 1. The summed E-state index contributed by atoms with van der Waals surface area (Å²) in [5, 5.41) is 6.01. The summed E-state index contributed by atoms with van der Waals surface area (Å²) >= 11 is 5.80. The first-order chi connectivity index (χ1) is 14.0. The van der Waals surface area contributed by atoms with Crippen LogP contribution in [0.5, 0.6) is 0 Å². The number of halogens is 4. The van der Waals surface area contributed by atoms with E-state index in [1.807, 2.05) is 6.92 Å². The third kappa shape index (κ3) is 8.10. The maximum absolute atomic E-state index is 13.0. The molecule has 0 aliphatic heterocycles. The van der Waals surface area contributed by atoms with Crippen molar-refractivity contribution < 1.29 is 18.0 Å². The molecule has 1 rings (SSSR count). The molecule has 1 N–H and O–H groups in total. The molecule has 0 saturated carbocycles. The van der Waals surface area contributed by atoms with Gasteiger partial charge < -0.3 is 10.2 Å². The van der Waals surface area contributed by atoms with Gasteiger partial charge in [0.25, 0.3) is 0 Å². The van der Waals surface area contributed by atoms with Crippen LogP contribution in [-0.2, 0) is 11.0 Å². The van der Waals surface area contributed by atoms with E-state index in [4.69, 9.17) is 11.6 Å². The SMILES string of the molecule is CCCCCN(CCCCC)CC(C)NC(=O)C(C)n1nc(C(F)(F)F)c(Cl)c1C. The van der Waals surface area contributed by atoms with Crippen molar-refractivity contribution >= 4 is 17.5 Å². The number of unbranched alkanes of at least 4 members (excludes halogenated alkanes) is 4. The Bertz CT molecular complexity index is 653. The summed E-state index contributed by atoms with van der Waals surface area (Å²) in [5.74, 6) is -0.374. The molecule has 0 aliphatic rings. The Morgan fingerprint density at radius 3 is 2.10 bits per heavy atom. The van der Waals surface area contributed by atoms with E-state index in [1.165, 1.54) is 26.7 Å². The number of rotatable bonds is 13. The van der Waals surface area contributed by atoms with E-state index in [0.29, 0.717) is 6.54 Å². The first-order valence-corrected chi connectivity index (χ1v) is 11.2. The van der Waals surface area contributed by atoms with Gasteiger partial charge in [-0.3, -0.25) is 9.48 Å². The minimum Gasteiger partial charge on any atom is -0.351 e. The van der Waals surface area contributed by atoms with Gasteiger partial charge in [0, 0.05) is 12.6 Å². The molecule has 0 aromatic carbocycles. The zero-order chi connectivity index (χ0) is 22.9. The minimum absolute atomic E-state index is 0.125. The van der Waals surface area contributed by atoms with Gasteiger partial charge in [-0.25, -0.2) is 0 Å². The van der Waals surface area contributed by atoms with E-state index in [-0.39, 0.29) is 17.6 Å². The van der Waals surface area contributed by atoms with Crippen LogP contribution in [0.15, 0.2) is 0 Å². The van der Waals surface area contributed by atoms with Gasteiger partial charge in [0.05, 0.1) is 10.7 Å². The van der Waals surface area contributed by atoms with Crippen molar-refractivity contribution in [3.8, 4) is 0 Å². The molecule has 0 spiro atoms. The van der Waals surface area contributed by atoms with Gasteiger partial charge in [0.1, 0.15) is 6.04 Å². The van der Waals surface area contributed by atoms with Gasteiger partial charge in [-0.15, -0.1) is 0 Å². The van der Waals surface area contributed by atoms with E-state index < -0.39 is 22.9 Å². The van der Waals surface area contributed by atoms with Crippen molar-refractivity contribution in [3.63, 3.8) is 0 Å². The fourth-order valence-corrected chi connectivity index (χ4v) is 3.66. The van der Waals surface area contributed by atoms with Crippen LogP contribution in [0.1, 0.15) is 83.6 Å².